The van der Waals surface area contributed by atoms with Crippen molar-refractivity contribution in [3.8, 4) is 0 Å². The number of nitrogens with one attached hydrogen (secondary N) is 3. The Hall–Kier alpha value is -1.69. The van der Waals surface area contributed by atoms with Gasteiger partial charge in [-0.15, -0.1) is 0 Å². The van der Waals surface area contributed by atoms with Crippen LogP contribution in [-0.2, 0) is 0 Å². The van der Waals surface area contributed by atoms with Crippen LogP contribution in [0.2, 0.25) is 0 Å². The van der Waals surface area contributed by atoms with Crippen LogP contribution in [0.25, 0.3) is 0 Å². The van der Waals surface area contributed by atoms with Gasteiger partial charge in [-0.3, -0.25) is 9.59 Å². The van der Waals surface area contributed by atoms with Crippen molar-refractivity contribution >= 4 is 5.91 Å². The molecule has 1 aliphatic heterocycles. The van der Waals surface area contributed by atoms with Crippen LogP contribution in [0.1, 0.15) is 23.3 Å². The number of rotatable bonds is 2. The van der Waals surface area contributed by atoms with Gasteiger partial charge in [-0.05, 0) is 19.4 Å². The zero-order valence-corrected chi connectivity index (χ0v) is 8.82. The summed E-state index contributed by atoms with van der Waals surface area (Å²) in [5.74, 6) is -0.245. The molecule has 0 aromatic carbocycles. The maximum Gasteiger partial charge on any atom is 0.271 e. The molecule has 3 N–H and O–H groups in total. The highest BCUT2D eigenvalue weighted by atomic mass is 16.2. The summed E-state index contributed by atoms with van der Waals surface area (Å²) in [7, 11) is 0. The predicted octanol–water partition coefficient (Wildman–Crippen LogP) is -0.748. The van der Waals surface area contributed by atoms with Crippen LogP contribution in [0.3, 0.4) is 0 Å². The van der Waals surface area contributed by atoms with Crippen LogP contribution in [0.15, 0.2) is 17.2 Å². The molecule has 0 bridgehead atoms. The largest absolute Gasteiger partial charge is 0.347 e. The fraction of sp³-hybridized carbons (Fsp3) is 0.500. The van der Waals surface area contributed by atoms with Crippen molar-refractivity contribution in [2.75, 3.05) is 13.1 Å². The number of nitrogens with zero attached hydrogens (tertiary/aromatic N) is 1. The first-order valence-corrected chi connectivity index (χ1v) is 5.32. The van der Waals surface area contributed by atoms with E-state index in [0.29, 0.717) is 0 Å². The highest BCUT2D eigenvalue weighted by Crippen LogP contribution is 2.02. The van der Waals surface area contributed by atoms with Gasteiger partial charge >= 0.3 is 0 Å². The Morgan fingerprint density at radius 2 is 2.44 bits per heavy atom. The molecule has 6 heteroatoms. The third-order valence-corrected chi connectivity index (χ3v) is 2.54. The second-order valence-corrected chi connectivity index (χ2v) is 3.81. The summed E-state index contributed by atoms with van der Waals surface area (Å²) in [6.07, 6.45) is 4.47. The molecule has 1 amide bonds. The van der Waals surface area contributed by atoms with E-state index < -0.39 is 0 Å². The van der Waals surface area contributed by atoms with Gasteiger partial charge in [0.05, 0.1) is 6.20 Å². The van der Waals surface area contributed by atoms with Crippen molar-refractivity contribution in [1.29, 1.82) is 0 Å². The van der Waals surface area contributed by atoms with Crippen LogP contribution in [0.5, 0.6) is 0 Å². The lowest BCUT2D eigenvalue weighted by Gasteiger charge is -2.23. The van der Waals surface area contributed by atoms with E-state index in [1.165, 1.54) is 6.20 Å². The van der Waals surface area contributed by atoms with E-state index in [1.54, 1.807) is 0 Å². The minimum Gasteiger partial charge on any atom is -0.347 e. The molecule has 0 saturated carbocycles. The lowest BCUT2D eigenvalue weighted by atomic mass is 10.1. The Labute approximate surface area is 92.5 Å². The van der Waals surface area contributed by atoms with Crippen LogP contribution >= 0.6 is 0 Å². The average molecular weight is 222 g/mol. The third kappa shape index (κ3) is 2.66. The van der Waals surface area contributed by atoms with Crippen molar-refractivity contribution in [3.05, 3.63) is 28.4 Å². The first kappa shape index (κ1) is 10.8. The number of H-pyrrole nitrogens is 1. The van der Waals surface area contributed by atoms with E-state index in [9.17, 15) is 9.59 Å². The molecule has 2 heterocycles. The highest BCUT2D eigenvalue weighted by Gasteiger charge is 2.16. The second-order valence-electron chi connectivity index (χ2n) is 3.81. The SMILES string of the molecule is O=C(NC1CCCNC1)c1c[nH]c(=O)cn1. The molecule has 86 valence electrons. The van der Waals surface area contributed by atoms with Gasteiger partial charge in [-0.2, -0.15) is 0 Å². The molecule has 1 aromatic heterocycles. The van der Waals surface area contributed by atoms with Gasteiger partial charge in [0.1, 0.15) is 5.69 Å². The van der Waals surface area contributed by atoms with Gasteiger partial charge in [-0.1, -0.05) is 0 Å². The van der Waals surface area contributed by atoms with E-state index in [0.717, 1.165) is 32.1 Å². The molecule has 16 heavy (non-hydrogen) atoms. The number of carbonyl (C=O) groups excluding carboxylic acids is 1. The normalized spacial score (nSPS) is 20.4. The maximum atomic E-state index is 11.7. The topological polar surface area (TPSA) is 86.9 Å². The molecule has 6 nitrogen and oxygen atoms in total. The predicted molar refractivity (Wildman–Crippen MR) is 58.2 cm³/mol. The minimum atomic E-state index is -0.309. The van der Waals surface area contributed by atoms with E-state index in [4.69, 9.17) is 0 Å². The van der Waals surface area contributed by atoms with Gasteiger partial charge in [-0.25, -0.2) is 4.98 Å². The number of hydrogen-bond acceptors (Lipinski definition) is 4. The zero-order valence-electron chi connectivity index (χ0n) is 8.82. The summed E-state index contributed by atoms with van der Waals surface area (Å²) in [6.45, 7) is 1.79. The molecule has 2 rings (SSSR count). The summed E-state index contributed by atoms with van der Waals surface area (Å²) in [6, 6.07) is 0.148. The standard InChI is InChI=1S/C10H14N4O2/c15-9-6-12-8(5-13-9)10(16)14-7-2-1-3-11-4-7/h5-7,11H,1-4H2,(H,13,15)(H,14,16). The summed E-state index contributed by atoms with van der Waals surface area (Å²) < 4.78 is 0. The summed E-state index contributed by atoms with van der Waals surface area (Å²) in [5.41, 5.74) is -0.0685. The molecular formula is C10H14N4O2. The fourth-order valence-corrected chi connectivity index (χ4v) is 1.70. The lowest BCUT2D eigenvalue weighted by molar-refractivity contribution is 0.0925. The molecule has 1 aliphatic rings. The summed E-state index contributed by atoms with van der Waals surface area (Å²) in [5, 5.41) is 6.08. The molecule has 0 aliphatic carbocycles. The lowest BCUT2D eigenvalue weighted by Crippen LogP contribution is -2.45. The van der Waals surface area contributed by atoms with Gasteiger partial charge < -0.3 is 15.6 Å². The Kier molecular flexibility index (Phi) is 3.31. The molecule has 0 spiro atoms. The Morgan fingerprint density at radius 1 is 1.56 bits per heavy atom. The van der Waals surface area contributed by atoms with Crippen molar-refractivity contribution in [2.24, 2.45) is 0 Å². The molecule has 1 saturated heterocycles. The number of aromatic nitrogens is 2. The van der Waals surface area contributed by atoms with Gasteiger partial charge in [0.2, 0.25) is 0 Å². The number of piperidine rings is 1. The van der Waals surface area contributed by atoms with Crippen LogP contribution in [-0.4, -0.2) is 35.0 Å². The Bertz CT molecular complexity index is 403. The van der Waals surface area contributed by atoms with E-state index in [1.807, 2.05) is 0 Å². The quantitative estimate of drug-likeness (QED) is 0.614. The molecule has 0 radical (unpaired) electrons. The second kappa shape index (κ2) is 4.89. The van der Waals surface area contributed by atoms with Crippen molar-refractivity contribution in [2.45, 2.75) is 18.9 Å². The van der Waals surface area contributed by atoms with E-state index >= 15 is 0 Å². The van der Waals surface area contributed by atoms with Crippen LogP contribution in [0.4, 0.5) is 0 Å². The molecule has 1 unspecified atom stereocenters. The van der Waals surface area contributed by atoms with E-state index in [2.05, 4.69) is 20.6 Å². The average Bonchev–Trinajstić information content (AvgIpc) is 2.31. The van der Waals surface area contributed by atoms with Crippen molar-refractivity contribution in [1.82, 2.24) is 20.6 Å². The molecular weight excluding hydrogens is 208 g/mol. The minimum absolute atomic E-state index is 0.148. The Balaban J connectivity index is 1.96. The smallest absolute Gasteiger partial charge is 0.271 e. The summed E-state index contributed by atoms with van der Waals surface area (Å²) >= 11 is 0. The van der Waals surface area contributed by atoms with E-state index in [-0.39, 0.29) is 23.2 Å². The maximum absolute atomic E-state index is 11.7. The summed E-state index contributed by atoms with van der Waals surface area (Å²) in [4.78, 5) is 28.7. The number of hydrogen-bond donors (Lipinski definition) is 3. The first-order valence-electron chi connectivity index (χ1n) is 5.32. The molecule has 1 fully saturated rings. The van der Waals surface area contributed by atoms with Gasteiger partial charge in [0.15, 0.2) is 0 Å². The Morgan fingerprint density at radius 3 is 3.06 bits per heavy atom. The highest BCUT2D eigenvalue weighted by molar-refractivity contribution is 5.92. The number of aromatic amines is 1. The van der Waals surface area contributed by atoms with Gasteiger partial charge in [0, 0.05) is 18.8 Å². The molecule has 1 atom stereocenters. The van der Waals surface area contributed by atoms with Crippen molar-refractivity contribution < 1.29 is 4.79 Å². The van der Waals surface area contributed by atoms with Crippen LogP contribution < -0.4 is 16.2 Å². The third-order valence-electron chi connectivity index (χ3n) is 2.54. The van der Waals surface area contributed by atoms with Crippen molar-refractivity contribution in [3.63, 3.8) is 0 Å². The monoisotopic (exact) mass is 222 g/mol. The fourth-order valence-electron chi connectivity index (χ4n) is 1.70. The zero-order chi connectivity index (χ0) is 11.4. The number of carbonyl (C=O) groups is 1. The first-order chi connectivity index (χ1) is 7.75. The molecule has 1 aromatic rings. The van der Waals surface area contributed by atoms with Gasteiger partial charge in [0.25, 0.3) is 11.5 Å². The number of amides is 1. The van der Waals surface area contributed by atoms with Crippen LogP contribution in [0, 0.1) is 0 Å².